The normalized spacial score (nSPS) is 10.7. The van der Waals surface area contributed by atoms with Gasteiger partial charge in [0.15, 0.2) is 11.0 Å². The summed E-state index contributed by atoms with van der Waals surface area (Å²) in [6.45, 7) is 4.33. The summed E-state index contributed by atoms with van der Waals surface area (Å²) < 4.78 is 20.8. The van der Waals surface area contributed by atoms with Gasteiger partial charge in [0, 0.05) is 17.8 Å². The molecular weight excluding hydrogens is 379 g/mol. The Kier molecular flexibility index (Phi) is 6.30. The van der Waals surface area contributed by atoms with Crippen molar-refractivity contribution in [1.29, 1.82) is 0 Å². The largest absolute Gasteiger partial charge is 0.497 e. The monoisotopic (exact) mass is 400 g/mol. The SMILES string of the molecule is CCn1c(SCC(=O)Nc2ccc(C)c(F)c2)nnc1-c1cccc(OC)c1. The van der Waals surface area contributed by atoms with Crippen LogP contribution < -0.4 is 10.1 Å². The van der Waals surface area contributed by atoms with Gasteiger partial charge >= 0.3 is 0 Å². The fraction of sp³-hybridized carbons (Fsp3) is 0.250. The van der Waals surface area contributed by atoms with Crippen LogP contribution in [0.25, 0.3) is 11.4 Å². The fourth-order valence-electron chi connectivity index (χ4n) is 2.65. The van der Waals surface area contributed by atoms with E-state index in [1.165, 1.54) is 17.8 Å². The molecule has 3 rings (SSSR count). The quantitative estimate of drug-likeness (QED) is 0.604. The van der Waals surface area contributed by atoms with Crippen molar-refractivity contribution < 1.29 is 13.9 Å². The number of amides is 1. The number of hydrogen-bond donors (Lipinski definition) is 1. The van der Waals surface area contributed by atoms with Gasteiger partial charge in [-0.1, -0.05) is 30.0 Å². The van der Waals surface area contributed by atoms with Gasteiger partial charge in [-0.05, 0) is 43.7 Å². The standard InChI is InChI=1S/C20H21FN4O2S/c1-4-25-19(14-6-5-7-16(10-14)27-3)23-24-20(25)28-12-18(26)22-15-9-8-13(2)17(21)11-15/h5-11H,4,12H2,1-3H3,(H,22,26). The molecule has 0 aliphatic rings. The van der Waals surface area contributed by atoms with Gasteiger partial charge in [0.2, 0.25) is 5.91 Å². The average molecular weight is 400 g/mol. The van der Waals surface area contributed by atoms with E-state index in [9.17, 15) is 9.18 Å². The minimum Gasteiger partial charge on any atom is -0.497 e. The second kappa shape index (κ2) is 8.88. The Morgan fingerprint density at radius 2 is 2.07 bits per heavy atom. The highest BCUT2D eigenvalue weighted by Gasteiger charge is 2.15. The number of ether oxygens (including phenoxy) is 1. The molecule has 146 valence electrons. The van der Waals surface area contributed by atoms with Gasteiger partial charge in [-0.25, -0.2) is 4.39 Å². The van der Waals surface area contributed by atoms with Crippen molar-refractivity contribution in [3.63, 3.8) is 0 Å². The molecule has 1 heterocycles. The molecule has 0 saturated carbocycles. The summed E-state index contributed by atoms with van der Waals surface area (Å²) in [5.74, 6) is 1.01. The Morgan fingerprint density at radius 1 is 1.25 bits per heavy atom. The minimum atomic E-state index is -0.348. The molecule has 1 N–H and O–H groups in total. The summed E-state index contributed by atoms with van der Waals surface area (Å²) in [7, 11) is 1.61. The first-order valence-corrected chi connectivity index (χ1v) is 9.76. The van der Waals surface area contributed by atoms with Crippen LogP contribution in [0.2, 0.25) is 0 Å². The van der Waals surface area contributed by atoms with E-state index in [0.717, 1.165) is 11.3 Å². The summed E-state index contributed by atoms with van der Waals surface area (Å²) in [6, 6.07) is 12.2. The third-order valence-electron chi connectivity index (χ3n) is 4.15. The van der Waals surface area contributed by atoms with Crippen LogP contribution >= 0.6 is 11.8 Å². The molecule has 8 heteroatoms. The lowest BCUT2D eigenvalue weighted by Gasteiger charge is -2.09. The van der Waals surface area contributed by atoms with Crippen LogP contribution in [0.1, 0.15) is 12.5 Å². The number of rotatable bonds is 7. The number of carbonyl (C=O) groups is 1. The van der Waals surface area contributed by atoms with Crippen molar-refractivity contribution in [2.75, 3.05) is 18.2 Å². The van der Waals surface area contributed by atoms with Crippen LogP contribution in [-0.4, -0.2) is 33.5 Å². The van der Waals surface area contributed by atoms with Crippen molar-refractivity contribution in [1.82, 2.24) is 14.8 Å². The highest BCUT2D eigenvalue weighted by Crippen LogP contribution is 2.26. The number of nitrogens with one attached hydrogen (secondary N) is 1. The van der Waals surface area contributed by atoms with Crippen molar-refractivity contribution in [2.45, 2.75) is 25.5 Å². The highest BCUT2D eigenvalue weighted by atomic mass is 32.2. The van der Waals surface area contributed by atoms with E-state index in [1.54, 1.807) is 26.2 Å². The van der Waals surface area contributed by atoms with Gasteiger partial charge in [0.1, 0.15) is 11.6 Å². The van der Waals surface area contributed by atoms with Crippen LogP contribution in [0, 0.1) is 12.7 Å². The van der Waals surface area contributed by atoms with Crippen molar-refractivity contribution in [3.8, 4) is 17.1 Å². The summed E-state index contributed by atoms with van der Waals surface area (Å²) in [5.41, 5.74) is 1.86. The molecule has 0 fully saturated rings. The molecule has 28 heavy (non-hydrogen) atoms. The molecular formula is C20H21FN4O2S. The molecule has 0 atom stereocenters. The smallest absolute Gasteiger partial charge is 0.234 e. The lowest BCUT2D eigenvalue weighted by atomic mass is 10.2. The number of hydrogen-bond acceptors (Lipinski definition) is 5. The van der Waals surface area contributed by atoms with Gasteiger partial charge < -0.3 is 14.6 Å². The van der Waals surface area contributed by atoms with E-state index in [-0.39, 0.29) is 17.5 Å². The van der Waals surface area contributed by atoms with E-state index in [2.05, 4.69) is 15.5 Å². The van der Waals surface area contributed by atoms with Gasteiger partial charge in [-0.3, -0.25) is 4.79 Å². The fourth-order valence-corrected chi connectivity index (χ4v) is 3.46. The Morgan fingerprint density at radius 3 is 2.79 bits per heavy atom. The summed E-state index contributed by atoms with van der Waals surface area (Å²) in [5, 5.41) is 11.8. The highest BCUT2D eigenvalue weighted by molar-refractivity contribution is 7.99. The summed E-state index contributed by atoms with van der Waals surface area (Å²) >= 11 is 1.28. The molecule has 0 aliphatic carbocycles. The number of thioether (sulfide) groups is 1. The molecule has 0 spiro atoms. The Bertz CT molecular complexity index is 990. The van der Waals surface area contributed by atoms with Gasteiger partial charge in [-0.2, -0.15) is 0 Å². The topological polar surface area (TPSA) is 69.0 Å². The average Bonchev–Trinajstić information content (AvgIpc) is 3.12. The maximum absolute atomic E-state index is 13.6. The van der Waals surface area contributed by atoms with Crippen LogP contribution in [-0.2, 0) is 11.3 Å². The molecule has 1 aromatic heterocycles. The second-order valence-electron chi connectivity index (χ2n) is 6.08. The number of carbonyl (C=O) groups excluding carboxylic acids is 1. The van der Waals surface area contributed by atoms with E-state index >= 15 is 0 Å². The van der Waals surface area contributed by atoms with Crippen LogP contribution in [0.4, 0.5) is 10.1 Å². The number of benzene rings is 2. The van der Waals surface area contributed by atoms with E-state index in [1.807, 2.05) is 35.8 Å². The van der Waals surface area contributed by atoms with E-state index < -0.39 is 0 Å². The van der Waals surface area contributed by atoms with Crippen LogP contribution in [0.5, 0.6) is 5.75 Å². The first-order valence-electron chi connectivity index (χ1n) is 8.78. The number of aryl methyl sites for hydroxylation is 1. The zero-order valence-electron chi connectivity index (χ0n) is 15.9. The summed E-state index contributed by atoms with van der Waals surface area (Å²) in [4.78, 5) is 12.2. The number of nitrogens with zero attached hydrogens (tertiary/aromatic N) is 3. The molecule has 6 nitrogen and oxygen atoms in total. The van der Waals surface area contributed by atoms with Gasteiger partial charge in [-0.15, -0.1) is 10.2 Å². The predicted molar refractivity (Wildman–Crippen MR) is 108 cm³/mol. The third kappa shape index (κ3) is 4.51. The molecule has 0 saturated heterocycles. The van der Waals surface area contributed by atoms with Crippen molar-refractivity contribution in [2.24, 2.45) is 0 Å². The second-order valence-corrected chi connectivity index (χ2v) is 7.03. The first-order chi connectivity index (χ1) is 13.5. The number of halogens is 1. The molecule has 0 unspecified atom stereocenters. The number of aromatic nitrogens is 3. The Balaban J connectivity index is 1.69. The molecule has 3 aromatic rings. The van der Waals surface area contributed by atoms with Gasteiger partial charge in [0.25, 0.3) is 0 Å². The molecule has 1 amide bonds. The zero-order valence-corrected chi connectivity index (χ0v) is 16.7. The predicted octanol–water partition coefficient (Wildman–Crippen LogP) is 4.15. The lowest BCUT2D eigenvalue weighted by Crippen LogP contribution is -2.15. The minimum absolute atomic E-state index is 0.145. The maximum Gasteiger partial charge on any atom is 0.234 e. The maximum atomic E-state index is 13.6. The van der Waals surface area contributed by atoms with E-state index in [4.69, 9.17) is 4.74 Å². The molecule has 0 radical (unpaired) electrons. The summed E-state index contributed by atoms with van der Waals surface area (Å²) in [6.07, 6.45) is 0. The van der Waals surface area contributed by atoms with Crippen molar-refractivity contribution in [3.05, 3.63) is 53.8 Å². The zero-order chi connectivity index (χ0) is 20.1. The van der Waals surface area contributed by atoms with Crippen molar-refractivity contribution >= 4 is 23.4 Å². The van der Waals surface area contributed by atoms with Crippen LogP contribution in [0.3, 0.4) is 0 Å². The molecule has 0 aliphatic heterocycles. The Labute approximate surface area is 167 Å². The third-order valence-corrected chi connectivity index (χ3v) is 5.12. The molecule has 0 bridgehead atoms. The first kappa shape index (κ1) is 19.9. The number of methoxy groups -OCH3 is 1. The van der Waals surface area contributed by atoms with E-state index in [0.29, 0.717) is 28.8 Å². The van der Waals surface area contributed by atoms with Crippen LogP contribution in [0.15, 0.2) is 47.6 Å². The number of anilines is 1. The van der Waals surface area contributed by atoms with Gasteiger partial charge in [0.05, 0.1) is 12.9 Å². The molecule has 2 aromatic carbocycles. The Hall–Kier alpha value is -2.87. The lowest BCUT2D eigenvalue weighted by molar-refractivity contribution is -0.113.